The van der Waals surface area contributed by atoms with Gasteiger partial charge in [0.25, 0.3) is 11.7 Å². The molecule has 1 unspecified atom stereocenters. The Morgan fingerprint density at radius 2 is 1.75 bits per heavy atom. The third kappa shape index (κ3) is 3.87. The van der Waals surface area contributed by atoms with Crippen molar-refractivity contribution in [3.63, 3.8) is 0 Å². The van der Waals surface area contributed by atoms with Gasteiger partial charge in [-0.25, -0.2) is 4.39 Å². The number of rotatable bonds is 5. The number of carbonyl (C=O) groups excluding carboxylic acids is 2. The van der Waals surface area contributed by atoms with Crippen LogP contribution in [-0.2, 0) is 9.59 Å². The number of hydrogen-bond acceptors (Lipinski definition) is 4. The van der Waals surface area contributed by atoms with E-state index in [-0.39, 0.29) is 11.3 Å². The molecular weight excluding hydrogens is 409 g/mol. The maximum atomic E-state index is 13.6. The number of hydrogen-bond donors (Lipinski definition) is 1. The van der Waals surface area contributed by atoms with Crippen molar-refractivity contribution in [3.8, 4) is 5.75 Å². The predicted octanol–water partition coefficient (Wildman–Crippen LogP) is 5.16. The number of aliphatic hydroxyl groups excluding tert-OH is 1. The highest BCUT2D eigenvalue weighted by molar-refractivity contribution is 6.51. The third-order valence-corrected chi connectivity index (χ3v) is 5.33. The molecule has 0 radical (unpaired) electrons. The van der Waals surface area contributed by atoms with Crippen LogP contribution in [0.25, 0.3) is 5.76 Å². The Morgan fingerprint density at radius 1 is 1.03 bits per heavy atom. The van der Waals surface area contributed by atoms with Crippen LogP contribution in [0.4, 0.5) is 10.1 Å². The van der Waals surface area contributed by atoms with Gasteiger partial charge in [0.2, 0.25) is 0 Å². The average molecular weight is 431 g/mol. The number of carbonyl (C=O) groups is 2. The lowest BCUT2D eigenvalue weighted by molar-refractivity contribution is -0.132. The molecule has 0 aromatic heterocycles. The minimum absolute atomic E-state index is 0.0586. The summed E-state index contributed by atoms with van der Waals surface area (Å²) in [4.78, 5) is 27.6. The number of ketones is 1. The van der Waals surface area contributed by atoms with E-state index in [2.05, 4.69) is 0 Å². The summed E-state index contributed by atoms with van der Waals surface area (Å²) < 4.78 is 19.1. The lowest BCUT2D eigenvalue weighted by atomic mass is 9.95. The third-order valence-electron chi connectivity index (χ3n) is 5.33. The number of nitrogens with zero attached hydrogens (tertiary/aromatic N) is 1. The second kappa shape index (κ2) is 8.67. The van der Waals surface area contributed by atoms with Crippen molar-refractivity contribution in [2.24, 2.45) is 0 Å². The van der Waals surface area contributed by atoms with Gasteiger partial charge in [-0.15, -0.1) is 0 Å². The normalized spacial score (nSPS) is 17.6. The summed E-state index contributed by atoms with van der Waals surface area (Å²) >= 11 is 0. The zero-order chi connectivity index (χ0) is 22.8. The number of benzene rings is 3. The lowest BCUT2D eigenvalue weighted by Gasteiger charge is -2.25. The molecule has 1 N–H and O–H groups in total. The van der Waals surface area contributed by atoms with Gasteiger partial charge in [0.15, 0.2) is 0 Å². The minimum Gasteiger partial charge on any atom is -0.507 e. The van der Waals surface area contributed by atoms with Crippen LogP contribution in [0.1, 0.15) is 29.7 Å². The highest BCUT2D eigenvalue weighted by atomic mass is 19.1. The molecule has 1 saturated heterocycles. The monoisotopic (exact) mass is 431 g/mol. The van der Waals surface area contributed by atoms with E-state index in [1.165, 1.54) is 29.2 Å². The van der Waals surface area contributed by atoms with Gasteiger partial charge in [-0.3, -0.25) is 14.5 Å². The van der Waals surface area contributed by atoms with E-state index >= 15 is 0 Å². The van der Waals surface area contributed by atoms with Crippen LogP contribution in [-0.4, -0.2) is 23.4 Å². The zero-order valence-corrected chi connectivity index (χ0v) is 17.7. The fourth-order valence-electron chi connectivity index (χ4n) is 3.89. The number of ether oxygens (including phenoxy) is 1. The van der Waals surface area contributed by atoms with Gasteiger partial charge in [0, 0.05) is 11.3 Å². The molecule has 32 heavy (non-hydrogen) atoms. The molecule has 0 aliphatic carbocycles. The Balaban J connectivity index is 1.92. The number of aliphatic hydroxyl groups is 1. The predicted molar refractivity (Wildman–Crippen MR) is 120 cm³/mol. The Hall–Kier alpha value is -3.93. The van der Waals surface area contributed by atoms with Crippen LogP contribution in [0.5, 0.6) is 5.75 Å². The van der Waals surface area contributed by atoms with Crippen molar-refractivity contribution in [1.29, 1.82) is 0 Å². The SMILES string of the molecule is CCOc1cccc(/C(O)=C2\C(=O)C(=O)N(c3cccc(C)c3)C2c2ccc(F)cc2)c1. The molecule has 1 fully saturated rings. The molecule has 5 nitrogen and oxygen atoms in total. The Labute approximate surface area is 185 Å². The second-order valence-electron chi connectivity index (χ2n) is 7.52. The van der Waals surface area contributed by atoms with Crippen molar-refractivity contribution in [2.45, 2.75) is 19.9 Å². The summed E-state index contributed by atoms with van der Waals surface area (Å²) in [6.07, 6.45) is 0. The van der Waals surface area contributed by atoms with Crippen molar-refractivity contribution >= 4 is 23.1 Å². The van der Waals surface area contributed by atoms with Gasteiger partial charge in [0.05, 0.1) is 18.2 Å². The van der Waals surface area contributed by atoms with Gasteiger partial charge in [-0.1, -0.05) is 36.4 Å². The first-order chi connectivity index (χ1) is 15.4. The van der Waals surface area contributed by atoms with Crippen molar-refractivity contribution in [3.05, 3.63) is 101 Å². The largest absolute Gasteiger partial charge is 0.507 e. The number of anilines is 1. The van der Waals surface area contributed by atoms with Crippen LogP contribution < -0.4 is 9.64 Å². The Kier molecular flexibility index (Phi) is 5.77. The molecule has 3 aromatic carbocycles. The van der Waals surface area contributed by atoms with Crippen molar-refractivity contribution in [2.75, 3.05) is 11.5 Å². The summed E-state index contributed by atoms with van der Waals surface area (Å²) in [6, 6.07) is 18.5. The van der Waals surface area contributed by atoms with E-state index < -0.39 is 23.5 Å². The number of halogens is 1. The van der Waals surface area contributed by atoms with Crippen LogP contribution in [0.15, 0.2) is 78.4 Å². The van der Waals surface area contributed by atoms with Crippen LogP contribution in [0.3, 0.4) is 0 Å². The fraction of sp³-hybridized carbons (Fsp3) is 0.154. The average Bonchev–Trinajstić information content (AvgIpc) is 3.05. The quantitative estimate of drug-likeness (QED) is 0.344. The second-order valence-corrected chi connectivity index (χ2v) is 7.52. The van der Waals surface area contributed by atoms with Gasteiger partial charge < -0.3 is 9.84 Å². The molecule has 0 saturated carbocycles. The summed E-state index contributed by atoms with van der Waals surface area (Å²) in [5, 5.41) is 11.2. The molecule has 1 atom stereocenters. The van der Waals surface area contributed by atoms with E-state index in [1.54, 1.807) is 42.5 Å². The van der Waals surface area contributed by atoms with Crippen molar-refractivity contribution in [1.82, 2.24) is 0 Å². The molecule has 1 amide bonds. The number of Topliss-reactive ketones (excluding diaryl/α,β-unsaturated/α-hetero) is 1. The maximum Gasteiger partial charge on any atom is 0.300 e. The molecule has 1 aliphatic heterocycles. The number of aryl methyl sites for hydroxylation is 1. The molecule has 0 bridgehead atoms. The molecule has 6 heteroatoms. The van der Waals surface area contributed by atoms with Gasteiger partial charge in [0.1, 0.15) is 17.3 Å². The van der Waals surface area contributed by atoms with E-state index in [1.807, 2.05) is 19.9 Å². The zero-order valence-electron chi connectivity index (χ0n) is 17.7. The molecule has 0 spiro atoms. The van der Waals surface area contributed by atoms with E-state index in [0.29, 0.717) is 29.2 Å². The molecule has 1 heterocycles. The van der Waals surface area contributed by atoms with Crippen LogP contribution in [0.2, 0.25) is 0 Å². The fourth-order valence-corrected chi connectivity index (χ4v) is 3.89. The van der Waals surface area contributed by atoms with E-state index in [0.717, 1.165) is 5.56 Å². The van der Waals surface area contributed by atoms with Gasteiger partial charge >= 0.3 is 0 Å². The maximum absolute atomic E-state index is 13.6. The summed E-state index contributed by atoms with van der Waals surface area (Å²) in [6.45, 7) is 4.16. The highest BCUT2D eigenvalue weighted by Crippen LogP contribution is 2.42. The summed E-state index contributed by atoms with van der Waals surface area (Å²) in [5.41, 5.74) is 2.23. The first kappa shape index (κ1) is 21.3. The molecule has 162 valence electrons. The van der Waals surface area contributed by atoms with Crippen molar-refractivity contribution < 1.29 is 23.8 Å². The van der Waals surface area contributed by atoms with Gasteiger partial charge in [-0.2, -0.15) is 0 Å². The van der Waals surface area contributed by atoms with Gasteiger partial charge in [-0.05, 0) is 61.4 Å². The first-order valence-electron chi connectivity index (χ1n) is 10.3. The number of amides is 1. The Bertz CT molecular complexity index is 1220. The molecule has 4 rings (SSSR count). The summed E-state index contributed by atoms with van der Waals surface area (Å²) in [7, 11) is 0. The smallest absolute Gasteiger partial charge is 0.300 e. The summed E-state index contributed by atoms with van der Waals surface area (Å²) in [5.74, 6) is -1.78. The topological polar surface area (TPSA) is 66.8 Å². The van der Waals surface area contributed by atoms with Crippen LogP contribution in [0, 0.1) is 12.7 Å². The minimum atomic E-state index is -0.909. The Morgan fingerprint density at radius 3 is 2.44 bits per heavy atom. The lowest BCUT2D eigenvalue weighted by Crippen LogP contribution is -2.29. The first-order valence-corrected chi connectivity index (χ1v) is 10.3. The van der Waals surface area contributed by atoms with Crippen LogP contribution >= 0.6 is 0 Å². The van der Waals surface area contributed by atoms with E-state index in [9.17, 15) is 19.1 Å². The molecular formula is C26H22FNO4. The molecule has 3 aromatic rings. The highest BCUT2D eigenvalue weighted by Gasteiger charge is 2.47. The van der Waals surface area contributed by atoms with E-state index in [4.69, 9.17) is 4.74 Å². The standard InChI is InChI=1S/C26H22FNO4/c1-3-32-21-9-5-7-18(15-21)24(29)22-23(17-10-12-19(27)13-11-17)28(26(31)25(22)30)20-8-4-6-16(2)14-20/h4-15,23,29H,3H2,1-2H3/b24-22+. The molecule has 1 aliphatic rings.